The summed E-state index contributed by atoms with van der Waals surface area (Å²) < 4.78 is 0. The van der Waals surface area contributed by atoms with Crippen LogP contribution in [-0.4, -0.2) is 9.97 Å². The molecule has 0 aliphatic carbocycles. The monoisotopic (exact) mass is 496 g/mol. The normalized spacial score (nSPS) is 10.9. The van der Waals surface area contributed by atoms with Crippen molar-refractivity contribution in [2.24, 2.45) is 0 Å². The van der Waals surface area contributed by atoms with Gasteiger partial charge in [0.15, 0.2) is 10.9 Å². The quantitative estimate of drug-likeness (QED) is 0.252. The molecule has 0 spiro atoms. The maximum atomic E-state index is 11.6. The topological polar surface area (TPSA) is 65.7 Å². The highest BCUT2D eigenvalue weighted by atomic mass is 16.1. The van der Waals surface area contributed by atoms with Crippen LogP contribution in [0.25, 0.3) is 34.0 Å². The predicted molar refractivity (Wildman–Crippen MR) is 158 cm³/mol. The van der Waals surface area contributed by atoms with Gasteiger partial charge >= 0.3 is 0 Å². The van der Waals surface area contributed by atoms with Gasteiger partial charge in [-0.3, -0.25) is 9.59 Å². The Morgan fingerprint density at radius 3 is 1.74 bits per heavy atom. The van der Waals surface area contributed by atoms with Crippen LogP contribution in [-0.2, 0) is 12.8 Å². The minimum Gasteiger partial charge on any atom is -0.361 e. The average molecular weight is 497 g/mol. The third-order valence-electron chi connectivity index (χ3n) is 6.42. The maximum absolute atomic E-state index is 11.6. The summed E-state index contributed by atoms with van der Waals surface area (Å²) in [4.78, 5) is 29.5. The molecule has 0 radical (unpaired) electrons. The van der Waals surface area contributed by atoms with Crippen molar-refractivity contribution in [2.75, 3.05) is 0 Å². The number of hydrogen-bond donors (Lipinski definition) is 2. The molecule has 0 aliphatic heterocycles. The first-order chi connectivity index (χ1) is 18.7. The lowest BCUT2D eigenvalue weighted by Crippen LogP contribution is -2.00. The summed E-state index contributed by atoms with van der Waals surface area (Å²) in [6, 6.07) is 35.5. The fraction of sp³-hybridized carbons (Fsp3) is 0.0588. The molecule has 0 unspecified atom stereocenters. The van der Waals surface area contributed by atoms with E-state index in [1.165, 1.54) is 11.1 Å². The van der Waals surface area contributed by atoms with Crippen molar-refractivity contribution < 1.29 is 0 Å². The Hall–Kier alpha value is -4.96. The minimum atomic E-state index is 0.0485. The number of benzene rings is 4. The number of hydrogen-bond acceptors (Lipinski definition) is 2. The van der Waals surface area contributed by atoms with E-state index in [1.54, 1.807) is 24.5 Å². The Labute approximate surface area is 221 Å². The average Bonchev–Trinajstić information content (AvgIpc) is 2.97. The molecule has 2 heterocycles. The van der Waals surface area contributed by atoms with Crippen molar-refractivity contribution >= 4 is 34.0 Å². The van der Waals surface area contributed by atoms with Crippen molar-refractivity contribution in [2.45, 2.75) is 12.8 Å². The molecule has 0 saturated carbocycles. The lowest BCUT2D eigenvalue weighted by Gasteiger charge is -2.04. The number of aromatic amines is 2. The molecule has 0 aliphatic rings. The second-order valence-electron chi connectivity index (χ2n) is 9.10. The van der Waals surface area contributed by atoms with Crippen LogP contribution in [0.4, 0.5) is 0 Å². The number of pyridine rings is 2. The van der Waals surface area contributed by atoms with E-state index in [-0.39, 0.29) is 10.9 Å². The molecule has 0 atom stereocenters. The summed E-state index contributed by atoms with van der Waals surface area (Å²) in [5.41, 5.74) is 6.71. The van der Waals surface area contributed by atoms with E-state index >= 15 is 0 Å². The summed E-state index contributed by atoms with van der Waals surface area (Å²) >= 11 is 0. The number of aryl methyl sites for hydroxylation is 2. The van der Waals surface area contributed by atoms with Crippen molar-refractivity contribution in [3.05, 3.63) is 164 Å². The molecule has 186 valence electrons. The summed E-state index contributed by atoms with van der Waals surface area (Å²) in [7, 11) is 0. The van der Waals surface area contributed by atoms with Crippen LogP contribution in [0.3, 0.4) is 0 Å². The van der Waals surface area contributed by atoms with E-state index in [0.717, 1.165) is 45.8 Å². The number of rotatable bonds is 5. The molecule has 4 aromatic carbocycles. The van der Waals surface area contributed by atoms with E-state index in [9.17, 15) is 9.59 Å². The highest BCUT2D eigenvalue weighted by Crippen LogP contribution is 2.14. The van der Waals surface area contributed by atoms with E-state index in [0.29, 0.717) is 0 Å². The molecule has 0 bridgehead atoms. The molecule has 2 aromatic heterocycles. The van der Waals surface area contributed by atoms with E-state index < -0.39 is 0 Å². The van der Waals surface area contributed by atoms with Gasteiger partial charge in [-0.15, -0.1) is 0 Å². The highest BCUT2D eigenvalue weighted by molar-refractivity contribution is 5.82. The fourth-order valence-electron chi connectivity index (χ4n) is 4.36. The Balaban J connectivity index is 0.000000155. The lowest BCUT2D eigenvalue weighted by molar-refractivity contribution is 0.961. The minimum absolute atomic E-state index is 0.0485. The molecule has 4 heteroatoms. The van der Waals surface area contributed by atoms with Gasteiger partial charge in [-0.1, -0.05) is 84.9 Å². The lowest BCUT2D eigenvalue weighted by atomic mass is 10.0. The molecule has 38 heavy (non-hydrogen) atoms. The third-order valence-corrected chi connectivity index (χ3v) is 6.42. The first-order valence-corrected chi connectivity index (χ1v) is 12.6. The molecule has 0 saturated heterocycles. The predicted octanol–water partition coefficient (Wildman–Crippen LogP) is 7.01. The smallest absolute Gasteiger partial charge is 0.189 e. The largest absolute Gasteiger partial charge is 0.361 e. The number of H-pyrrole nitrogens is 2. The number of nitrogens with one attached hydrogen (secondary N) is 2. The summed E-state index contributed by atoms with van der Waals surface area (Å²) in [6.07, 6.45) is 9.48. The zero-order chi connectivity index (χ0) is 26.2. The van der Waals surface area contributed by atoms with Crippen molar-refractivity contribution in [1.29, 1.82) is 0 Å². The van der Waals surface area contributed by atoms with Gasteiger partial charge in [0.25, 0.3) is 0 Å². The Morgan fingerprint density at radius 1 is 0.500 bits per heavy atom. The van der Waals surface area contributed by atoms with Gasteiger partial charge in [-0.05, 0) is 59.4 Å². The molecule has 6 aromatic rings. The molecule has 0 fully saturated rings. The second-order valence-corrected chi connectivity index (χ2v) is 9.10. The Kier molecular flexibility index (Phi) is 7.71. The maximum Gasteiger partial charge on any atom is 0.189 e. The van der Waals surface area contributed by atoms with Crippen molar-refractivity contribution in [1.82, 2.24) is 9.97 Å². The van der Waals surface area contributed by atoms with Crippen LogP contribution in [0, 0.1) is 0 Å². The van der Waals surface area contributed by atoms with Gasteiger partial charge in [-0.25, -0.2) is 0 Å². The van der Waals surface area contributed by atoms with Gasteiger partial charge in [0.2, 0.25) is 0 Å². The molecule has 4 nitrogen and oxygen atoms in total. The van der Waals surface area contributed by atoms with Gasteiger partial charge in [0.1, 0.15) is 0 Å². The Bertz CT molecular complexity index is 1800. The Morgan fingerprint density at radius 2 is 1.05 bits per heavy atom. The van der Waals surface area contributed by atoms with Gasteiger partial charge in [0, 0.05) is 46.3 Å². The van der Waals surface area contributed by atoms with Gasteiger partial charge in [0.05, 0.1) is 0 Å². The van der Waals surface area contributed by atoms with Crippen molar-refractivity contribution in [3.8, 4) is 0 Å². The van der Waals surface area contributed by atoms with Gasteiger partial charge in [-0.2, -0.15) is 0 Å². The third kappa shape index (κ3) is 6.23. The fourth-order valence-corrected chi connectivity index (χ4v) is 4.36. The SMILES string of the molecule is O=c1cc[nH]c2cc(C=Cc3ccccc3)ccc12.O=c1cc[nH]c2cc(CCc3ccccc3)ccc12. The van der Waals surface area contributed by atoms with Gasteiger partial charge < -0.3 is 9.97 Å². The molecular formula is C34H28N2O2. The second kappa shape index (κ2) is 11.8. The van der Waals surface area contributed by atoms with Crippen LogP contribution in [0.5, 0.6) is 0 Å². The van der Waals surface area contributed by atoms with Crippen molar-refractivity contribution in [3.63, 3.8) is 0 Å². The molecular weight excluding hydrogens is 468 g/mol. The first kappa shape index (κ1) is 24.7. The summed E-state index contributed by atoms with van der Waals surface area (Å²) in [5, 5.41) is 1.48. The zero-order valence-electron chi connectivity index (χ0n) is 20.9. The highest BCUT2D eigenvalue weighted by Gasteiger charge is 2.01. The zero-order valence-corrected chi connectivity index (χ0v) is 20.9. The van der Waals surface area contributed by atoms with Crippen LogP contribution in [0.1, 0.15) is 22.3 Å². The first-order valence-electron chi connectivity index (χ1n) is 12.6. The van der Waals surface area contributed by atoms with Crippen LogP contribution < -0.4 is 10.9 Å². The standard InChI is InChI=1S/C17H15NO.C17H13NO/c2*19-17-10-11-18-16-12-14(8-9-15(16)17)7-6-13-4-2-1-3-5-13/h1-5,8-12H,6-7H2,(H,18,19);1-12H,(H,18,19). The molecule has 6 rings (SSSR count). The number of fused-ring (bicyclic) bond motifs is 2. The van der Waals surface area contributed by atoms with E-state index in [2.05, 4.69) is 58.5 Å². The van der Waals surface area contributed by atoms with Crippen LogP contribution in [0.15, 0.2) is 131 Å². The molecule has 0 amide bonds. The van der Waals surface area contributed by atoms with E-state index in [4.69, 9.17) is 0 Å². The summed E-state index contributed by atoms with van der Waals surface area (Å²) in [6.45, 7) is 0. The number of aromatic nitrogens is 2. The van der Waals surface area contributed by atoms with Crippen LogP contribution >= 0.6 is 0 Å². The van der Waals surface area contributed by atoms with Crippen LogP contribution in [0.2, 0.25) is 0 Å². The molecule has 2 N–H and O–H groups in total. The summed E-state index contributed by atoms with van der Waals surface area (Å²) in [5.74, 6) is 0. The van der Waals surface area contributed by atoms with E-state index in [1.807, 2.05) is 60.7 Å².